The molecular weight excluding hydrogens is 893 g/mol. The van der Waals surface area contributed by atoms with Crippen LogP contribution >= 0.6 is 0 Å². The molecule has 19 heteroatoms. The summed E-state index contributed by atoms with van der Waals surface area (Å²) in [6.45, 7) is 17.3. The second-order valence-corrected chi connectivity index (χ2v) is 23.6. The van der Waals surface area contributed by atoms with E-state index in [1.165, 1.54) is 19.4 Å². The van der Waals surface area contributed by atoms with Crippen LogP contribution in [0.2, 0.25) is 0 Å². The molecule has 2 bridgehead atoms. The fourth-order valence-electron chi connectivity index (χ4n) is 16.4. The van der Waals surface area contributed by atoms with Crippen LogP contribution in [0.4, 0.5) is 0 Å². The van der Waals surface area contributed by atoms with Crippen LogP contribution in [0.25, 0.3) is 0 Å². The summed E-state index contributed by atoms with van der Waals surface area (Å²) in [4.78, 5) is 26.3. The highest BCUT2D eigenvalue weighted by Gasteiger charge is 2.89. The first-order valence-electron chi connectivity index (χ1n) is 24.9. The maximum atomic E-state index is 14.1. The first-order chi connectivity index (χ1) is 31.9. The van der Waals surface area contributed by atoms with Crippen molar-refractivity contribution in [2.45, 2.75) is 222 Å². The molecule has 0 radical (unpaired) electrons. The van der Waals surface area contributed by atoms with Crippen molar-refractivity contribution in [3.63, 3.8) is 0 Å². The number of hydrogen-bond donors (Lipinski definition) is 8. The summed E-state index contributed by atoms with van der Waals surface area (Å²) in [6.07, 6.45) is -18.0. The lowest BCUT2D eigenvalue weighted by Crippen LogP contribution is -2.74. The number of carbonyl (C=O) groups excluding carboxylic acids is 2. The van der Waals surface area contributed by atoms with E-state index in [0.29, 0.717) is 6.42 Å². The van der Waals surface area contributed by atoms with E-state index in [-0.39, 0.29) is 52.2 Å². The molecule has 0 unspecified atom stereocenters. The third-order valence-electron chi connectivity index (χ3n) is 20.2. The van der Waals surface area contributed by atoms with Crippen molar-refractivity contribution in [2.24, 2.45) is 44.8 Å². The van der Waals surface area contributed by atoms with E-state index in [0.717, 1.165) is 51.4 Å². The van der Waals surface area contributed by atoms with Crippen LogP contribution in [0.3, 0.4) is 0 Å². The highest BCUT2D eigenvalue weighted by Crippen LogP contribution is 2.83. The molecule has 10 fully saturated rings. The number of carbonyl (C=O) groups is 2. The van der Waals surface area contributed by atoms with Crippen molar-refractivity contribution >= 4 is 11.9 Å². The summed E-state index contributed by atoms with van der Waals surface area (Å²) in [5.41, 5.74) is -1.47. The largest absolute Gasteiger partial charge is 0.463 e. The summed E-state index contributed by atoms with van der Waals surface area (Å²) >= 11 is 0. The van der Waals surface area contributed by atoms with Gasteiger partial charge in [0.15, 0.2) is 24.5 Å². The average molecular weight is 967 g/mol. The molecule has 5 saturated heterocycles. The van der Waals surface area contributed by atoms with Crippen LogP contribution in [-0.2, 0) is 52.2 Å². The number of aliphatic hydroxyl groups excluding tert-OH is 8. The Morgan fingerprint density at radius 3 is 2.07 bits per heavy atom. The maximum Gasteiger partial charge on any atom is 0.313 e. The van der Waals surface area contributed by atoms with Crippen molar-refractivity contribution in [3.8, 4) is 0 Å². The van der Waals surface area contributed by atoms with Gasteiger partial charge in [-0.2, -0.15) is 0 Å². The number of ether oxygens (including phenoxy) is 9. The van der Waals surface area contributed by atoms with Crippen LogP contribution in [0.15, 0.2) is 12.2 Å². The lowest BCUT2D eigenvalue weighted by molar-refractivity contribution is -0.398. The summed E-state index contributed by atoms with van der Waals surface area (Å²) in [7, 11) is 0. The molecule has 10 rings (SSSR count). The Bertz CT molecular complexity index is 1980. The van der Waals surface area contributed by atoms with Gasteiger partial charge in [0.2, 0.25) is 0 Å². The van der Waals surface area contributed by atoms with Crippen LogP contribution < -0.4 is 0 Å². The van der Waals surface area contributed by atoms with Crippen LogP contribution in [0, 0.1) is 44.8 Å². The lowest BCUT2D eigenvalue weighted by Gasteiger charge is -2.72. The zero-order valence-electron chi connectivity index (χ0n) is 40.2. The first kappa shape index (κ1) is 49.6. The number of allylic oxidation sites excluding steroid dienone is 1. The Kier molecular flexibility index (Phi) is 12.3. The topological polar surface area (TPSA) is 282 Å². The molecule has 5 saturated carbocycles. The first-order valence-corrected chi connectivity index (χ1v) is 24.9. The molecule has 0 aromatic rings. The normalized spacial score (nSPS) is 56.8. The second kappa shape index (κ2) is 16.8. The minimum absolute atomic E-state index is 0.0282. The molecule has 26 atom stereocenters. The van der Waals surface area contributed by atoms with Crippen molar-refractivity contribution in [1.29, 1.82) is 0 Å². The highest BCUT2D eigenvalue weighted by molar-refractivity contribution is 5.82. The van der Waals surface area contributed by atoms with Crippen molar-refractivity contribution in [1.82, 2.24) is 0 Å². The Morgan fingerprint density at radius 2 is 1.38 bits per heavy atom. The quantitative estimate of drug-likeness (QED) is 0.0676. The molecule has 8 N–H and O–H groups in total. The minimum atomic E-state index is -1.90. The van der Waals surface area contributed by atoms with Crippen molar-refractivity contribution < 1.29 is 93.1 Å². The summed E-state index contributed by atoms with van der Waals surface area (Å²) < 4.78 is 56.9. The molecule has 384 valence electrons. The molecule has 5 aliphatic heterocycles. The predicted octanol–water partition coefficient (Wildman–Crippen LogP) is 0.497. The van der Waals surface area contributed by atoms with E-state index in [9.17, 15) is 50.4 Å². The number of rotatable bonds is 9. The van der Waals surface area contributed by atoms with E-state index < -0.39 is 134 Å². The zero-order valence-corrected chi connectivity index (χ0v) is 40.2. The van der Waals surface area contributed by atoms with Gasteiger partial charge in [0.1, 0.15) is 79.9 Å². The van der Waals surface area contributed by atoms with Gasteiger partial charge in [-0.25, -0.2) is 0 Å². The van der Waals surface area contributed by atoms with Gasteiger partial charge in [-0.1, -0.05) is 46.8 Å². The Balaban J connectivity index is 0.967. The van der Waals surface area contributed by atoms with E-state index in [1.54, 1.807) is 0 Å². The molecule has 5 aliphatic carbocycles. The van der Waals surface area contributed by atoms with E-state index in [1.807, 2.05) is 0 Å². The smallest absolute Gasteiger partial charge is 0.313 e. The Labute approximate surface area is 396 Å². The standard InChI is InChI=1S/C49H74O19/c1-20-9-14-48-16-15-47(8)46(7)13-10-25-44(4,5)27(11-12-45(25,6)38(46)37-39(65-37)49(47,26(48)17-20)68-43(48)59)64-42-36(67-40-33(57)31(55)28(52)21(2)61-40)35(30(54)24(63-42)19-60-22(3)51)66-41-34(58)32(56)29(53)23(18-50)62-41/h21,23-42,50,52-58H,1,9-19H2,2-8H3/t21-,23-,24+,25+,26+,27+,28-,29-,30+,31+,32+,33-,34-,35-,36+,37+,38+,39+,40+,41+,42-,45-,46-,47-,48+,49-/m0/s1. The van der Waals surface area contributed by atoms with E-state index >= 15 is 0 Å². The van der Waals surface area contributed by atoms with Gasteiger partial charge in [0, 0.05) is 18.3 Å². The maximum absolute atomic E-state index is 14.1. The molecular formula is C49H74O19. The van der Waals surface area contributed by atoms with Gasteiger partial charge in [0.05, 0.1) is 30.3 Å². The summed E-state index contributed by atoms with van der Waals surface area (Å²) in [6, 6.07) is 0. The minimum Gasteiger partial charge on any atom is -0.463 e. The van der Waals surface area contributed by atoms with E-state index in [2.05, 4.69) is 41.2 Å². The fourth-order valence-corrected chi connectivity index (χ4v) is 16.4. The fraction of sp³-hybridized carbons (Fsp3) is 0.918. The highest BCUT2D eigenvalue weighted by atomic mass is 16.8. The monoisotopic (exact) mass is 966 g/mol. The van der Waals surface area contributed by atoms with Gasteiger partial charge in [-0.15, -0.1) is 0 Å². The molecule has 68 heavy (non-hydrogen) atoms. The number of hydrogen-bond acceptors (Lipinski definition) is 19. The molecule has 0 aromatic carbocycles. The Morgan fingerprint density at radius 1 is 0.721 bits per heavy atom. The molecule has 19 nitrogen and oxygen atoms in total. The van der Waals surface area contributed by atoms with Gasteiger partial charge < -0.3 is 83.5 Å². The van der Waals surface area contributed by atoms with Crippen LogP contribution in [0.1, 0.15) is 106 Å². The molecule has 0 aromatic heterocycles. The molecule has 5 heterocycles. The Hall–Kier alpha value is -1.92. The molecule has 1 spiro atoms. The van der Waals surface area contributed by atoms with Crippen LogP contribution in [0.5, 0.6) is 0 Å². The van der Waals surface area contributed by atoms with Crippen molar-refractivity contribution in [2.75, 3.05) is 13.2 Å². The van der Waals surface area contributed by atoms with Crippen LogP contribution in [-0.4, -0.2) is 182 Å². The second-order valence-electron chi connectivity index (χ2n) is 23.6. The van der Waals surface area contributed by atoms with Gasteiger partial charge in [-0.3, -0.25) is 9.59 Å². The number of esters is 2. The third kappa shape index (κ3) is 6.84. The van der Waals surface area contributed by atoms with Gasteiger partial charge in [0.25, 0.3) is 0 Å². The number of fused-ring (bicyclic) bond motifs is 6. The van der Waals surface area contributed by atoms with Gasteiger partial charge in [-0.05, 0) is 92.8 Å². The molecule has 10 aliphatic rings. The van der Waals surface area contributed by atoms with E-state index in [4.69, 9.17) is 42.6 Å². The average Bonchev–Trinajstić information content (AvgIpc) is 4.05. The molecule has 0 amide bonds. The SMILES string of the molecule is C=C1CC[C@]23CC[C@]4(C)[C@@](OC2=O)([C@@H]2O[C@@H]2[C@@H]2[C@@]5(C)CC[C@@H](O[C@@H]6O[C@H](COC(C)=O)[C@@H](O)[C@H](O[C@H]7O[C@@H](CO)[C@H](O)[C@@H](O)[C@@H]7O)[C@H]6O[C@H]6O[C@@H](C)[C@H](O)[C@@H](O)[C@@H]6O)C(C)(C)[C@H]5CC[C@@]24C)[C@@H]3C1. The summed E-state index contributed by atoms with van der Waals surface area (Å²) in [5, 5.41) is 86.9. The zero-order chi connectivity index (χ0) is 49.0. The summed E-state index contributed by atoms with van der Waals surface area (Å²) in [5.74, 6) is -0.501. The number of aliphatic hydroxyl groups is 8. The lowest BCUT2D eigenvalue weighted by atomic mass is 9.31. The number of epoxide rings is 1. The third-order valence-corrected chi connectivity index (χ3v) is 20.2. The predicted molar refractivity (Wildman–Crippen MR) is 231 cm³/mol. The van der Waals surface area contributed by atoms with Gasteiger partial charge >= 0.3 is 11.9 Å². The van der Waals surface area contributed by atoms with Crippen molar-refractivity contribution in [3.05, 3.63) is 12.2 Å².